The van der Waals surface area contributed by atoms with Crippen molar-refractivity contribution in [3.8, 4) is 5.75 Å². The van der Waals surface area contributed by atoms with E-state index in [9.17, 15) is 10.1 Å². The van der Waals surface area contributed by atoms with Crippen molar-refractivity contribution in [1.82, 2.24) is 0 Å². The minimum Gasteiger partial charge on any atom is -0.490 e. The fourth-order valence-electron chi connectivity index (χ4n) is 1.33. The zero-order chi connectivity index (χ0) is 12.8. The molecule has 1 aromatic rings. The molecule has 0 saturated heterocycles. The van der Waals surface area contributed by atoms with Gasteiger partial charge in [0.15, 0.2) is 5.75 Å². The Hall–Kier alpha value is -1.66. The Morgan fingerprint density at radius 1 is 1.53 bits per heavy atom. The van der Waals surface area contributed by atoms with Gasteiger partial charge in [0.25, 0.3) is 0 Å². The molecule has 1 rings (SSSR count). The average molecular weight is 240 g/mol. The van der Waals surface area contributed by atoms with Gasteiger partial charge in [-0.15, -0.1) is 0 Å². The smallest absolute Gasteiger partial charge is 0.311 e. The Labute approximate surface area is 99.5 Å². The summed E-state index contributed by atoms with van der Waals surface area (Å²) in [5.74, 6) is 0.242. The lowest BCUT2D eigenvalue weighted by Gasteiger charge is -2.08. The van der Waals surface area contributed by atoms with Crippen LogP contribution in [-0.4, -0.2) is 24.7 Å². The molecule has 0 fully saturated rings. The number of nitrogens with two attached hydrogens (primary N) is 1. The lowest BCUT2D eigenvalue weighted by molar-refractivity contribution is -0.385. The summed E-state index contributed by atoms with van der Waals surface area (Å²) >= 11 is 0. The van der Waals surface area contributed by atoms with Gasteiger partial charge in [0.2, 0.25) is 0 Å². The van der Waals surface area contributed by atoms with Crippen LogP contribution in [0.3, 0.4) is 0 Å². The van der Waals surface area contributed by atoms with Gasteiger partial charge in [-0.2, -0.15) is 0 Å². The minimum atomic E-state index is -0.478. The first kappa shape index (κ1) is 13.4. The zero-order valence-electron chi connectivity index (χ0n) is 9.88. The van der Waals surface area contributed by atoms with Crippen LogP contribution in [0.5, 0.6) is 5.75 Å². The van der Waals surface area contributed by atoms with Gasteiger partial charge in [0, 0.05) is 12.1 Å². The van der Waals surface area contributed by atoms with Gasteiger partial charge >= 0.3 is 5.69 Å². The van der Waals surface area contributed by atoms with Crippen LogP contribution >= 0.6 is 0 Å². The molecule has 6 heteroatoms. The maximum Gasteiger partial charge on any atom is 0.311 e. The third-order valence-corrected chi connectivity index (χ3v) is 2.09. The first-order valence-corrected chi connectivity index (χ1v) is 5.19. The average Bonchev–Trinajstić information content (AvgIpc) is 2.28. The van der Waals surface area contributed by atoms with Crippen molar-refractivity contribution in [2.45, 2.75) is 19.6 Å². The second kappa shape index (κ2) is 6.17. The van der Waals surface area contributed by atoms with Crippen molar-refractivity contribution in [3.05, 3.63) is 33.9 Å². The van der Waals surface area contributed by atoms with Crippen molar-refractivity contribution in [3.63, 3.8) is 0 Å². The predicted molar refractivity (Wildman–Crippen MR) is 63.0 cm³/mol. The largest absolute Gasteiger partial charge is 0.490 e. The molecule has 0 radical (unpaired) electrons. The maximum atomic E-state index is 10.8. The number of benzene rings is 1. The molecule has 0 aromatic heterocycles. The number of ether oxygens (including phenoxy) is 2. The molecule has 0 unspecified atom stereocenters. The van der Waals surface area contributed by atoms with Crippen LogP contribution in [0, 0.1) is 10.1 Å². The second-order valence-electron chi connectivity index (χ2n) is 3.76. The summed E-state index contributed by atoms with van der Waals surface area (Å²) in [5, 5.41) is 10.8. The molecule has 0 aliphatic heterocycles. The molecule has 0 heterocycles. The Kier molecular flexibility index (Phi) is 4.86. The van der Waals surface area contributed by atoms with E-state index in [4.69, 9.17) is 15.2 Å². The summed E-state index contributed by atoms with van der Waals surface area (Å²) < 4.78 is 10.2. The van der Waals surface area contributed by atoms with E-state index in [2.05, 4.69) is 0 Å². The van der Waals surface area contributed by atoms with Crippen LogP contribution in [0.25, 0.3) is 0 Å². The highest BCUT2D eigenvalue weighted by Gasteiger charge is 2.14. The highest BCUT2D eigenvalue weighted by atomic mass is 16.6. The standard InChI is InChI=1S/C11H16N2O4/c1-8(12)6-17-7-9-3-4-11(16-2)10(5-9)13(14)15/h3-5,8H,6-7,12H2,1-2H3/t8-/m1/s1. The molecular formula is C11H16N2O4. The zero-order valence-corrected chi connectivity index (χ0v) is 9.88. The predicted octanol–water partition coefficient (Wildman–Crippen LogP) is 1.47. The summed E-state index contributed by atoms with van der Waals surface area (Å²) in [7, 11) is 1.40. The summed E-state index contributed by atoms with van der Waals surface area (Å²) in [6.07, 6.45) is 0. The number of nitro benzene ring substituents is 1. The van der Waals surface area contributed by atoms with E-state index in [0.29, 0.717) is 13.2 Å². The molecule has 1 atom stereocenters. The molecule has 1 aromatic carbocycles. The Bertz CT molecular complexity index is 393. The molecule has 0 aliphatic carbocycles. The van der Waals surface area contributed by atoms with Gasteiger partial charge in [0.1, 0.15) is 0 Å². The summed E-state index contributed by atoms with van der Waals surface area (Å²) in [6, 6.07) is 4.68. The number of methoxy groups -OCH3 is 1. The Balaban J connectivity index is 2.74. The third kappa shape index (κ3) is 4.01. The summed E-state index contributed by atoms with van der Waals surface area (Å²) in [5.41, 5.74) is 6.19. The second-order valence-corrected chi connectivity index (χ2v) is 3.76. The number of hydrogen-bond donors (Lipinski definition) is 1. The molecule has 0 amide bonds. The van der Waals surface area contributed by atoms with E-state index in [1.807, 2.05) is 6.92 Å². The van der Waals surface area contributed by atoms with Crippen molar-refractivity contribution in [2.75, 3.05) is 13.7 Å². The minimum absolute atomic E-state index is 0.0526. The number of hydrogen-bond acceptors (Lipinski definition) is 5. The fourth-order valence-corrected chi connectivity index (χ4v) is 1.33. The molecule has 0 spiro atoms. The summed E-state index contributed by atoms with van der Waals surface area (Å²) in [6.45, 7) is 2.54. The Morgan fingerprint density at radius 2 is 2.24 bits per heavy atom. The van der Waals surface area contributed by atoms with Crippen molar-refractivity contribution < 1.29 is 14.4 Å². The van der Waals surface area contributed by atoms with Crippen molar-refractivity contribution >= 4 is 5.69 Å². The number of nitrogens with zero attached hydrogens (tertiary/aromatic N) is 1. The lowest BCUT2D eigenvalue weighted by atomic mass is 10.2. The normalized spacial score (nSPS) is 12.2. The summed E-state index contributed by atoms with van der Waals surface area (Å²) in [4.78, 5) is 10.3. The number of rotatable bonds is 6. The molecule has 0 bridgehead atoms. The van der Waals surface area contributed by atoms with E-state index >= 15 is 0 Å². The van der Waals surface area contributed by atoms with Crippen LogP contribution in [0.15, 0.2) is 18.2 Å². The van der Waals surface area contributed by atoms with Crippen molar-refractivity contribution in [1.29, 1.82) is 0 Å². The molecule has 17 heavy (non-hydrogen) atoms. The van der Waals surface area contributed by atoms with Gasteiger partial charge < -0.3 is 15.2 Å². The van der Waals surface area contributed by atoms with E-state index in [1.54, 1.807) is 12.1 Å². The molecular weight excluding hydrogens is 224 g/mol. The molecule has 94 valence electrons. The van der Waals surface area contributed by atoms with Crippen LogP contribution < -0.4 is 10.5 Å². The third-order valence-electron chi connectivity index (χ3n) is 2.09. The SMILES string of the molecule is COc1ccc(COC[C@@H](C)N)cc1[N+](=O)[O-]. The molecule has 0 saturated carbocycles. The van der Waals surface area contributed by atoms with E-state index < -0.39 is 4.92 Å². The first-order valence-electron chi connectivity index (χ1n) is 5.19. The fraction of sp³-hybridized carbons (Fsp3) is 0.455. The topological polar surface area (TPSA) is 87.6 Å². The molecule has 6 nitrogen and oxygen atoms in total. The first-order chi connectivity index (χ1) is 8.04. The highest BCUT2D eigenvalue weighted by Crippen LogP contribution is 2.27. The van der Waals surface area contributed by atoms with Gasteiger partial charge in [-0.05, 0) is 18.6 Å². The highest BCUT2D eigenvalue weighted by molar-refractivity contribution is 5.48. The van der Waals surface area contributed by atoms with Gasteiger partial charge in [-0.1, -0.05) is 6.07 Å². The van der Waals surface area contributed by atoms with Crippen LogP contribution in [0.1, 0.15) is 12.5 Å². The maximum absolute atomic E-state index is 10.8. The van der Waals surface area contributed by atoms with Crippen molar-refractivity contribution in [2.24, 2.45) is 5.73 Å². The van der Waals surface area contributed by atoms with Crippen LogP contribution in [0.4, 0.5) is 5.69 Å². The van der Waals surface area contributed by atoms with Gasteiger partial charge in [-0.3, -0.25) is 10.1 Å². The lowest BCUT2D eigenvalue weighted by Crippen LogP contribution is -2.21. The Morgan fingerprint density at radius 3 is 2.76 bits per heavy atom. The van der Waals surface area contributed by atoms with E-state index in [-0.39, 0.29) is 17.5 Å². The molecule has 0 aliphatic rings. The molecule has 2 N–H and O–H groups in total. The van der Waals surface area contributed by atoms with E-state index in [0.717, 1.165) is 5.56 Å². The van der Waals surface area contributed by atoms with Gasteiger partial charge in [-0.25, -0.2) is 0 Å². The van der Waals surface area contributed by atoms with Crippen LogP contribution in [-0.2, 0) is 11.3 Å². The van der Waals surface area contributed by atoms with Crippen LogP contribution in [0.2, 0.25) is 0 Å². The monoisotopic (exact) mass is 240 g/mol. The quantitative estimate of drug-likeness (QED) is 0.600. The number of nitro groups is 1. The van der Waals surface area contributed by atoms with E-state index in [1.165, 1.54) is 13.2 Å². The van der Waals surface area contributed by atoms with Gasteiger partial charge in [0.05, 0.1) is 25.2 Å².